The minimum Gasteiger partial charge on any atom is -0.497 e. The van der Waals surface area contributed by atoms with Crippen LogP contribution in [0.5, 0.6) is 11.5 Å². The van der Waals surface area contributed by atoms with E-state index in [-0.39, 0.29) is 12.8 Å². The predicted octanol–water partition coefficient (Wildman–Crippen LogP) is 2.35. The molecule has 0 saturated heterocycles. The normalized spacial score (nSPS) is 12.7. The predicted molar refractivity (Wildman–Crippen MR) is 128 cm³/mol. The van der Waals surface area contributed by atoms with Crippen molar-refractivity contribution in [1.29, 1.82) is 0 Å². The first-order valence-electron chi connectivity index (χ1n) is 10.9. The first-order valence-corrected chi connectivity index (χ1v) is 10.9. The van der Waals surface area contributed by atoms with Gasteiger partial charge in [-0.1, -0.05) is 24.3 Å². The second-order valence-corrected chi connectivity index (χ2v) is 8.77. The number of hydrogen-bond donors (Lipinski definition) is 3. The third-order valence-corrected chi connectivity index (χ3v) is 4.87. The van der Waals surface area contributed by atoms with E-state index in [9.17, 15) is 14.4 Å². The number of hydrogen-bond acceptors (Lipinski definition) is 6. The first kappa shape index (κ1) is 26.5. The molecule has 2 atom stereocenters. The molecule has 9 heteroatoms. The van der Waals surface area contributed by atoms with Gasteiger partial charge in [0.1, 0.15) is 29.2 Å². The third-order valence-electron chi connectivity index (χ3n) is 4.87. The Bertz CT molecular complexity index is 968. The maximum absolute atomic E-state index is 13.1. The van der Waals surface area contributed by atoms with Gasteiger partial charge in [0.15, 0.2) is 0 Å². The fraction of sp³-hybridized carbons (Fsp3) is 0.400. The average molecular weight is 472 g/mol. The Labute approximate surface area is 199 Å². The van der Waals surface area contributed by atoms with Crippen molar-refractivity contribution >= 4 is 17.9 Å². The van der Waals surface area contributed by atoms with E-state index in [2.05, 4.69) is 10.6 Å². The van der Waals surface area contributed by atoms with Gasteiger partial charge >= 0.3 is 6.09 Å². The summed E-state index contributed by atoms with van der Waals surface area (Å²) in [6, 6.07) is 12.2. The Morgan fingerprint density at radius 2 is 1.24 bits per heavy atom. The summed E-state index contributed by atoms with van der Waals surface area (Å²) in [4.78, 5) is 37.6. The molecule has 2 unspecified atom stereocenters. The molecular formula is C25H33N3O6. The lowest BCUT2D eigenvalue weighted by molar-refractivity contribution is -0.128. The van der Waals surface area contributed by atoms with E-state index < -0.39 is 35.6 Å². The van der Waals surface area contributed by atoms with Crippen molar-refractivity contribution in [3.63, 3.8) is 0 Å². The van der Waals surface area contributed by atoms with Crippen LogP contribution in [0.15, 0.2) is 48.5 Å². The zero-order valence-electron chi connectivity index (χ0n) is 20.2. The van der Waals surface area contributed by atoms with Gasteiger partial charge in [-0.15, -0.1) is 0 Å². The SMILES string of the molecule is COc1ccc(CC(NC(=O)C(Cc2ccc(OC)cc2)NC(=O)OC(C)(C)C)C(N)=O)cc1. The van der Waals surface area contributed by atoms with E-state index in [0.29, 0.717) is 11.5 Å². The molecule has 0 bridgehead atoms. The molecule has 0 aliphatic heterocycles. The number of carbonyl (C=O) groups excluding carboxylic acids is 3. The number of ether oxygens (including phenoxy) is 3. The molecule has 0 aromatic heterocycles. The molecule has 9 nitrogen and oxygen atoms in total. The fourth-order valence-electron chi connectivity index (χ4n) is 3.15. The molecule has 0 aliphatic rings. The monoisotopic (exact) mass is 471 g/mol. The largest absolute Gasteiger partial charge is 0.497 e. The molecular weight excluding hydrogens is 438 g/mol. The van der Waals surface area contributed by atoms with Crippen LogP contribution in [0.2, 0.25) is 0 Å². The Balaban J connectivity index is 2.18. The van der Waals surface area contributed by atoms with Gasteiger partial charge in [0.2, 0.25) is 11.8 Å². The van der Waals surface area contributed by atoms with Crippen molar-refractivity contribution in [2.75, 3.05) is 14.2 Å². The van der Waals surface area contributed by atoms with Crippen LogP contribution in [0.4, 0.5) is 4.79 Å². The molecule has 0 heterocycles. The Kier molecular flexibility index (Phi) is 9.29. The zero-order chi connectivity index (χ0) is 25.3. The summed E-state index contributed by atoms with van der Waals surface area (Å²) in [7, 11) is 3.12. The highest BCUT2D eigenvalue weighted by Gasteiger charge is 2.28. The van der Waals surface area contributed by atoms with E-state index in [0.717, 1.165) is 11.1 Å². The quantitative estimate of drug-likeness (QED) is 0.488. The molecule has 2 aromatic carbocycles. The summed E-state index contributed by atoms with van der Waals surface area (Å²) >= 11 is 0. The number of rotatable bonds is 10. The van der Waals surface area contributed by atoms with E-state index in [4.69, 9.17) is 19.9 Å². The molecule has 0 saturated carbocycles. The van der Waals surface area contributed by atoms with Crippen LogP contribution in [0.3, 0.4) is 0 Å². The third kappa shape index (κ3) is 8.65. The minimum absolute atomic E-state index is 0.170. The first-order chi connectivity index (χ1) is 16.0. The number of alkyl carbamates (subject to hydrolysis) is 1. The van der Waals surface area contributed by atoms with Gasteiger partial charge in [-0.25, -0.2) is 4.79 Å². The van der Waals surface area contributed by atoms with Crippen LogP contribution in [0, 0.1) is 0 Å². The summed E-state index contributed by atoms with van der Waals surface area (Å²) < 4.78 is 15.6. The average Bonchev–Trinajstić information content (AvgIpc) is 2.77. The van der Waals surface area contributed by atoms with Crippen molar-refractivity contribution in [3.05, 3.63) is 59.7 Å². The number of nitrogens with two attached hydrogens (primary N) is 1. The van der Waals surface area contributed by atoms with Crippen LogP contribution in [-0.2, 0) is 27.2 Å². The van der Waals surface area contributed by atoms with Crippen LogP contribution >= 0.6 is 0 Å². The van der Waals surface area contributed by atoms with Gasteiger partial charge in [-0.3, -0.25) is 9.59 Å². The number of primary amides is 1. The second kappa shape index (κ2) is 11.9. The lowest BCUT2D eigenvalue weighted by atomic mass is 10.0. The number of amides is 3. The highest BCUT2D eigenvalue weighted by Crippen LogP contribution is 2.15. The summed E-state index contributed by atoms with van der Waals surface area (Å²) in [6.07, 6.45) is -0.387. The summed E-state index contributed by atoms with van der Waals surface area (Å²) in [5.74, 6) is 0.0892. The smallest absolute Gasteiger partial charge is 0.408 e. The van der Waals surface area contributed by atoms with Crippen molar-refractivity contribution in [3.8, 4) is 11.5 Å². The number of nitrogens with one attached hydrogen (secondary N) is 2. The van der Waals surface area contributed by atoms with E-state index in [1.54, 1.807) is 83.5 Å². The molecule has 3 amide bonds. The van der Waals surface area contributed by atoms with Gasteiger partial charge in [-0.2, -0.15) is 0 Å². The van der Waals surface area contributed by atoms with E-state index in [1.807, 2.05) is 0 Å². The zero-order valence-corrected chi connectivity index (χ0v) is 20.2. The number of benzene rings is 2. The van der Waals surface area contributed by atoms with Gasteiger partial charge in [-0.05, 0) is 56.2 Å². The van der Waals surface area contributed by atoms with E-state index >= 15 is 0 Å². The van der Waals surface area contributed by atoms with Crippen LogP contribution in [0.25, 0.3) is 0 Å². The highest BCUT2D eigenvalue weighted by molar-refractivity contribution is 5.91. The molecule has 2 aromatic rings. The van der Waals surface area contributed by atoms with Gasteiger partial charge < -0.3 is 30.6 Å². The molecule has 0 aliphatic carbocycles. The molecule has 34 heavy (non-hydrogen) atoms. The Morgan fingerprint density at radius 1 is 0.794 bits per heavy atom. The Morgan fingerprint density at radius 3 is 1.62 bits per heavy atom. The topological polar surface area (TPSA) is 129 Å². The molecule has 0 spiro atoms. The lowest BCUT2D eigenvalue weighted by Gasteiger charge is -2.25. The Hall–Kier alpha value is -3.75. The summed E-state index contributed by atoms with van der Waals surface area (Å²) in [5.41, 5.74) is 6.38. The molecule has 2 rings (SSSR count). The van der Waals surface area contributed by atoms with Crippen molar-refractivity contribution < 1.29 is 28.6 Å². The van der Waals surface area contributed by atoms with Crippen LogP contribution in [0.1, 0.15) is 31.9 Å². The summed E-state index contributed by atoms with van der Waals surface area (Å²) in [5, 5.41) is 5.27. The fourth-order valence-corrected chi connectivity index (χ4v) is 3.15. The maximum atomic E-state index is 13.1. The number of carbonyl (C=O) groups is 3. The second-order valence-electron chi connectivity index (χ2n) is 8.77. The maximum Gasteiger partial charge on any atom is 0.408 e. The van der Waals surface area contributed by atoms with E-state index in [1.165, 1.54) is 0 Å². The van der Waals surface area contributed by atoms with Gasteiger partial charge in [0, 0.05) is 12.8 Å². The lowest BCUT2D eigenvalue weighted by Crippen LogP contribution is -2.54. The molecule has 184 valence electrons. The summed E-state index contributed by atoms with van der Waals surface area (Å²) in [6.45, 7) is 5.18. The standard InChI is InChI=1S/C25H33N3O6/c1-25(2,3)34-24(31)28-21(15-17-8-12-19(33-5)13-9-17)23(30)27-20(22(26)29)14-16-6-10-18(32-4)11-7-16/h6-13,20-21H,14-15H2,1-5H3,(H2,26,29)(H,27,30)(H,28,31). The molecule has 4 N–H and O–H groups in total. The van der Waals surface area contributed by atoms with Gasteiger partial charge in [0.25, 0.3) is 0 Å². The van der Waals surface area contributed by atoms with Gasteiger partial charge in [0.05, 0.1) is 14.2 Å². The molecule has 0 fully saturated rings. The minimum atomic E-state index is -0.999. The van der Waals surface area contributed by atoms with Crippen molar-refractivity contribution in [2.24, 2.45) is 5.73 Å². The molecule has 0 radical (unpaired) electrons. The van der Waals surface area contributed by atoms with Crippen molar-refractivity contribution in [1.82, 2.24) is 10.6 Å². The van der Waals surface area contributed by atoms with Crippen LogP contribution < -0.4 is 25.8 Å². The van der Waals surface area contributed by atoms with Crippen molar-refractivity contribution in [2.45, 2.75) is 51.3 Å². The highest BCUT2D eigenvalue weighted by atomic mass is 16.6. The van der Waals surface area contributed by atoms with Crippen LogP contribution in [-0.4, -0.2) is 49.8 Å². The number of methoxy groups -OCH3 is 2.